The van der Waals surface area contributed by atoms with E-state index in [1.54, 1.807) is 9.80 Å². The van der Waals surface area contributed by atoms with Crippen molar-refractivity contribution in [1.82, 2.24) is 9.80 Å². The second-order valence-corrected chi connectivity index (χ2v) is 3.70. The summed E-state index contributed by atoms with van der Waals surface area (Å²) < 4.78 is 0. The van der Waals surface area contributed by atoms with Crippen molar-refractivity contribution in [1.29, 1.82) is 0 Å². The van der Waals surface area contributed by atoms with E-state index in [1.807, 2.05) is 19.1 Å². The maximum Gasteiger partial charge on any atom is 0.242 e. The number of thiol groups is 1. The molecule has 2 amide bonds. The Bertz CT molecular complexity index is 279. The molecule has 1 aliphatic heterocycles. The van der Waals surface area contributed by atoms with E-state index in [0.29, 0.717) is 18.8 Å². The molecule has 0 unspecified atom stereocenters. The predicted molar refractivity (Wildman–Crippen MR) is 61.8 cm³/mol. The molecule has 15 heavy (non-hydrogen) atoms. The first-order valence-electron chi connectivity index (χ1n) is 5.00. The van der Waals surface area contributed by atoms with E-state index in [2.05, 4.69) is 12.6 Å². The molecule has 1 aliphatic rings. The topological polar surface area (TPSA) is 40.6 Å². The maximum absolute atomic E-state index is 11.6. The van der Waals surface area contributed by atoms with Gasteiger partial charge < -0.3 is 9.80 Å². The smallest absolute Gasteiger partial charge is 0.242 e. The molecule has 5 heteroatoms. The number of hydrogen-bond donors (Lipinski definition) is 1. The highest BCUT2D eigenvalue weighted by Gasteiger charge is 2.27. The van der Waals surface area contributed by atoms with E-state index in [-0.39, 0.29) is 24.9 Å². The Kier molecular flexibility index (Phi) is 4.68. The Hall–Kier alpha value is -0.970. The Morgan fingerprint density at radius 2 is 1.80 bits per heavy atom. The fourth-order valence-corrected chi connectivity index (χ4v) is 1.58. The summed E-state index contributed by atoms with van der Waals surface area (Å²) in [6.45, 7) is 3.39. The van der Waals surface area contributed by atoms with Crippen molar-refractivity contribution in [3.05, 3.63) is 12.2 Å². The largest absolute Gasteiger partial charge is 0.332 e. The van der Waals surface area contributed by atoms with Gasteiger partial charge in [-0.1, -0.05) is 12.2 Å². The van der Waals surface area contributed by atoms with E-state index < -0.39 is 0 Å². The number of likely N-dealkylation sites (N-methyl/N-ethyl adjacent to an activating group) is 1. The van der Waals surface area contributed by atoms with Crippen LogP contribution in [0.25, 0.3) is 0 Å². The van der Waals surface area contributed by atoms with Gasteiger partial charge in [0.1, 0.15) is 6.54 Å². The van der Waals surface area contributed by atoms with Crippen LogP contribution in [0.4, 0.5) is 0 Å². The fourth-order valence-electron chi connectivity index (χ4n) is 1.43. The van der Waals surface area contributed by atoms with Crippen molar-refractivity contribution in [2.24, 2.45) is 0 Å². The Morgan fingerprint density at radius 1 is 1.20 bits per heavy atom. The van der Waals surface area contributed by atoms with Crippen LogP contribution in [0.2, 0.25) is 0 Å². The molecule has 0 aromatic carbocycles. The summed E-state index contributed by atoms with van der Waals surface area (Å²) in [6.07, 6.45) is 3.73. The summed E-state index contributed by atoms with van der Waals surface area (Å²) >= 11 is 4.02. The lowest BCUT2D eigenvalue weighted by Crippen LogP contribution is -2.53. The van der Waals surface area contributed by atoms with Gasteiger partial charge >= 0.3 is 0 Å². The molecule has 0 N–H and O–H groups in total. The van der Waals surface area contributed by atoms with Crippen LogP contribution < -0.4 is 0 Å². The van der Waals surface area contributed by atoms with Crippen molar-refractivity contribution >= 4 is 24.4 Å². The number of nitrogens with zero attached hydrogens (tertiary/aromatic N) is 2. The van der Waals surface area contributed by atoms with Crippen molar-refractivity contribution in [2.75, 3.05) is 31.9 Å². The van der Waals surface area contributed by atoms with Gasteiger partial charge in [-0.25, -0.2) is 0 Å². The molecule has 1 rings (SSSR count). The molecule has 1 heterocycles. The van der Waals surface area contributed by atoms with E-state index >= 15 is 0 Å². The summed E-state index contributed by atoms with van der Waals surface area (Å²) in [5.74, 6) is 0.688. The van der Waals surface area contributed by atoms with Crippen molar-refractivity contribution in [2.45, 2.75) is 6.92 Å². The first-order valence-corrected chi connectivity index (χ1v) is 5.63. The minimum absolute atomic E-state index is 0.0141. The fraction of sp³-hybridized carbons (Fsp3) is 0.600. The molecule has 84 valence electrons. The molecule has 0 atom stereocenters. The highest BCUT2D eigenvalue weighted by molar-refractivity contribution is 7.80. The van der Waals surface area contributed by atoms with Gasteiger partial charge in [-0.15, -0.1) is 0 Å². The molecular weight excluding hydrogens is 212 g/mol. The van der Waals surface area contributed by atoms with Crippen LogP contribution in [0.5, 0.6) is 0 Å². The Morgan fingerprint density at radius 3 is 2.40 bits per heavy atom. The quantitative estimate of drug-likeness (QED) is 0.550. The molecular formula is C10H16N2O2S. The second kappa shape index (κ2) is 5.80. The van der Waals surface area contributed by atoms with Crippen molar-refractivity contribution in [3.63, 3.8) is 0 Å². The number of carbonyl (C=O) groups excluding carboxylic acids is 2. The molecule has 0 radical (unpaired) electrons. The van der Waals surface area contributed by atoms with Crippen LogP contribution in [0, 0.1) is 0 Å². The van der Waals surface area contributed by atoms with Gasteiger partial charge in [0.05, 0.1) is 6.54 Å². The van der Waals surface area contributed by atoms with Crippen LogP contribution in [-0.4, -0.2) is 53.5 Å². The molecule has 1 saturated heterocycles. The minimum atomic E-state index is 0.0141. The van der Waals surface area contributed by atoms with Crippen LogP contribution in [-0.2, 0) is 9.59 Å². The van der Waals surface area contributed by atoms with Gasteiger partial charge in [-0.2, -0.15) is 12.6 Å². The summed E-state index contributed by atoms with van der Waals surface area (Å²) in [5, 5.41) is 0. The van der Waals surface area contributed by atoms with Crippen LogP contribution >= 0.6 is 12.6 Å². The molecule has 1 fully saturated rings. The van der Waals surface area contributed by atoms with Crippen LogP contribution in [0.15, 0.2) is 12.2 Å². The van der Waals surface area contributed by atoms with Gasteiger partial charge in [0, 0.05) is 18.8 Å². The first-order chi connectivity index (χ1) is 7.19. The SMILES string of the molecule is CCN1CC(=O)N(CC=CCS)CC1=O. The Balaban J connectivity index is 2.51. The number of hydrogen-bond acceptors (Lipinski definition) is 3. The third kappa shape index (κ3) is 3.27. The average molecular weight is 228 g/mol. The molecule has 0 aromatic heterocycles. The summed E-state index contributed by atoms with van der Waals surface area (Å²) in [6, 6.07) is 0. The zero-order valence-electron chi connectivity index (χ0n) is 8.85. The number of piperazine rings is 1. The maximum atomic E-state index is 11.6. The summed E-state index contributed by atoms with van der Waals surface area (Å²) in [5.41, 5.74) is 0. The highest BCUT2D eigenvalue weighted by atomic mass is 32.1. The molecule has 4 nitrogen and oxygen atoms in total. The van der Waals surface area contributed by atoms with E-state index in [1.165, 1.54) is 0 Å². The molecule has 0 spiro atoms. The molecule has 0 aliphatic carbocycles. The minimum Gasteiger partial charge on any atom is -0.332 e. The van der Waals surface area contributed by atoms with E-state index in [4.69, 9.17) is 0 Å². The van der Waals surface area contributed by atoms with Gasteiger partial charge in [-0.3, -0.25) is 9.59 Å². The summed E-state index contributed by atoms with van der Waals surface area (Å²) in [4.78, 5) is 26.2. The van der Waals surface area contributed by atoms with Crippen molar-refractivity contribution in [3.8, 4) is 0 Å². The third-order valence-electron chi connectivity index (χ3n) is 2.34. The lowest BCUT2D eigenvalue weighted by Gasteiger charge is -2.32. The van der Waals surface area contributed by atoms with Crippen LogP contribution in [0.3, 0.4) is 0 Å². The lowest BCUT2D eigenvalue weighted by atomic mass is 10.3. The van der Waals surface area contributed by atoms with Gasteiger partial charge in [0.2, 0.25) is 11.8 Å². The summed E-state index contributed by atoms with van der Waals surface area (Å²) in [7, 11) is 0. The molecule has 0 bridgehead atoms. The second-order valence-electron chi connectivity index (χ2n) is 3.34. The normalized spacial score (nSPS) is 18.0. The average Bonchev–Trinajstić information content (AvgIpc) is 2.23. The van der Waals surface area contributed by atoms with Gasteiger partial charge in [0.15, 0.2) is 0 Å². The van der Waals surface area contributed by atoms with Gasteiger partial charge in [0.25, 0.3) is 0 Å². The van der Waals surface area contributed by atoms with Gasteiger partial charge in [-0.05, 0) is 6.92 Å². The molecule has 0 saturated carbocycles. The zero-order chi connectivity index (χ0) is 11.3. The van der Waals surface area contributed by atoms with E-state index in [9.17, 15) is 9.59 Å². The lowest BCUT2D eigenvalue weighted by molar-refractivity contribution is -0.149. The molecule has 0 aromatic rings. The number of rotatable bonds is 4. The van der Waals surface area contributed by atoms with E-state index in [0.717, 1.165) is 0 Å². The standard InChI is InChI=1S/C10H16N2O2S/c1-2-11-7-10(14)12(8-9(11)13)5-3-4-6-15/h3-4,15H,2,5-8H2,1H3. The zero-order valence-corrected chi connectivity index (χ0v) is 9.74. The monoisotopic (exact) mass is 228 g/mol. The number of carbonyl (C=O) groups is 2. The highest BCUT2D eigenvalue weighted by Crippen LogP contribution is 2.04. The first kappa shape index (κ1) is 12.1. The third-order valence-corrected chi connectivity index (χ3v) is 2.55. The van der Waals surface area contributed by atoms with Crippen LogP contribution in [0.1, 0.15) is 6.92 Å². The predicted octanol–water partition coefficient (Wildman–Crippen LogP) is 0.163. The van der Waals surface area contributed by atoms with Crippen molar-refractivity contribution < 1.29 is 9.59 Å². The Labute approximate surface area is 95.3 Å². The number of amides is 2.